The van der Waals surface area contributed by atoms with E-state index in [1.807, 2.05) is 36.4 Å². The number of hydrogen-bond acceptors (Lipinski definition) is 3. The highest BCUT2D eigenvalue weighted by Gasteiger charge is 2.17. The minimum Gasteiger partial charge on any atom is -0.497 e. The van der Waals surface area contributed by atoms with E-state index in [2.05, 4.69) is 21.2 Å². The van der Waals surface area contributed by atoms with Crippen LogP contribution < -0.4 is 15.8 Å². The second-order valence-electron chi connectivity index (χ2n) is 4.26. The third-order valence-electron chi connectivity index (χ3n) is 2.89. The van der Waals surface area contributed by atoms with Gasteiger partial charge in [0, 0.05) is 10.2 Å². The first-order valence-electron chi connectivity index (χ1n) is 6.05. The third-order valence-corrected chi connectivity index (χ3v) is 3.42. The number of benzene rings is 2. The minimum atomic E-state index is -0.581. The van der Waals surface area contributed by atoms with Crippen molar-refractivity contribution in [2.75, 3.05) is 12.4 Å². The molecule has 0 aliphatic heterocycles. The van der Waals surface area contributed by atoms with Gasteiger partial charge in [-0.25, -0.2) is 0 Å². The van der Waals surface area contributed by atoms with Crippen LogP contribution in [0.15, 0.2) is 53.0 Å². The highest BCUT2D eigenvalue weighted by atomic mass is 79.9. The van der Waals surface area contributed by atoms with Gasteiger partial charge in [0.15, 0.2) is 0 Å². The molecule has 0 fully saturated rings. The van der Waals surface area contributed by atoms with Crippen molar-refractivity contribution in [3.63, 3.8) is 0 Å². The molecule has 20 heavy (non-hydrogen) atoms. The number of carbonyl (C=O) groups is 1. The van der Waals surface area contributed by atoms with Crippen molar-refractivity contribution in [2.24, 2.45) is 5.73 Å². The van der Waals surface area contributed by atoms with Gasteiger partial charge in [-0.2, -0.15) is 0 Å². The first kappa shape index (κ1) is 14.4. The molecule has 0 bridgehead atoms. The molecule has 0 aliphatic rings. The van der Waals surface area contributed by atoms with E-state index in [1.54, 1.807) is 19.2 Å². The number of rotatable bonds is 5. The molecule has 104 valence electrons. The van der Waals surface area contributed by atoms with Crippen LogP contribution in [0.3, 0.4) is 0 Å². The Hall–Kier alpha value is -2.01. The lowest BCUT2D eigenvalue weighted by Gasteiger charge is -2.17. The normalized spacial score (nSPS) is 11.7. The van der Waals surface area contributed by atoms with Crippen LogP contribution in [0, 0.1) is 0 Å². The Morgan fingerprint density at radius 3 is 2.25 bits per heavy atom. The molecule has 0 spiro atoms. The molecule has 1 amide bonds. The first-order valence-corrected chi connectivity index (χ1v) is 6.85. The summed E-state index contributed by atoms with van der Waals surface area (Å²) in [5.41, 5.74) is 7.09. The lowest BCUT2D eigenvalue weighted by atomic mass is 10.1. The van der Waals surface area contributed by atoms with E-state index in [-0.39, 0.29) is 0 Å². The SMILES string of the molecule is COc1ccc(C(Nc2ccc(Br)cc2)C(N)=O)cc1. The largest absolute Gasteiger partial charge is 0.497 e. The minimum absolute atomic E-state index is 0.432. The Balaban J connectivity index is 2.22. The van der Waals surface area contributed by atoms with Gasteiger partial charge in [-0.3, -0.25) is 4.79 Å². The van der Waals surface area contributed by atoms with Crippen LogP contribution in [0.1, 0.15) is 11.6 Å². The summed E-state index contributed by atoms with van der Waals surface area (Å²) in [6, 6.07) is 14.2. The van der Waals surface area contributed by atoms with E-state index in [1.165, 1.54) is 0 Å². The van der Waals surface area contributed by atoms with Crippen molar-refractivity contribution in [1.29, 1.82) is 0 Å². The summed E-state index contributed by atoms with van der Waals surface area (Å²) in [6.07, 6.45) is 0. The molecule has 2 aromatic carbocycles. The molecular formula is C15H15BrN2O2. The number of nitrogens with two attached hydrogens (primary N) is 1. The maximum atomic E-state index is 11.6. The van der Waals surface area contributed by atoms with E-state index in [0.717, 1.165) is 21.5 Å². The Morgan fingerprint density at radius 2 is 1.75 bits per heavy atom. The number of anilines is 1. The molecule has 0 heterocycles. The standard InChI is InChI=1S/C15H15BrN2O2/c1-20-13-8-2-10(3-9-13)14(15(17)19)18-12-6-4-11(16)5-7-12/h2-9,14,18H,1H3,(H2,17,19). The highest BCUT2D eigenvalue weighted by Crippen LogP contribution is 2.23. The molecule has 0 aromatic heterocycles. The van der Waals surface area contributed by atoms with Crippen LogP contribution in [-0.4, -0.2) is 13.0 Å². The van der Waals surface area contributed by atoms with Crippen LogP contribution in [0.4, 0.5) is 5.69 Å². The van der Waals surface area contributed by atoms with E-state index >= 15 is 0 Å². The Bertz CT molecular complexity index is 582. The molecule has 0 saturated carbocycles. The Morgan fingerprint density at radius 1 is 1.15 bits per heavy atom. The Kier molecular flexibility index (Phi) is 4.63. The van der Waals surface area contributed by atoms with Crippen LogP contribution >= 0.6 is 15.9 Å². The zero-order valence-electron chi connectivity index (χ0n) is 11.0. The number of primary amides is 1. The predicted molar refractivity (Wildman–Crippen MR) is 82.7 cm³/mol. The number of methoxy groups -OCH3 is 1. The molecule has 3 N–H and O–H groups in total. The second-order valence-corrected chi connectivity index (χ2v) is 5.18. The zero-order chi connectivity index (χ0) is 14.5. The molecule has 4 nitrogen and oxygen atoms in total. The number of halogens is 1. The topological polar surface area (TPSA) is 64.3 Å². The molecule has 0 aliphatic carbocycles. The quantitative estimate of drug-likeness (QED) is 0.883. The van der Waals surface area contributed by atoms with Gasteiger partial charge in [-0.15, -0.1) is 0 Å². The van der Waals surface area contributed by atoms with Gasteiger partial charge < -0.3 is 15.8 Å². The number of ether oxygens (including phenoxy) is 1. The molecular weight excluding hydrogens is 320 g/mol. The van der Waals surface area contributed by atoms with Crippen molar-refractivity contribution in [3.05, 3.63) is 58.6 Å². The van der Waals surface area contributed by atoms with Crippen LogP contribution in [0.25, 0.3) is 0 Å². The Labute approximate surface area is 126 Å². The van der Waals surface area contributed by atoms with Crippen molar-refractivity contribution < 1.29 is 9.53 Å². The fraction of sp³-hybridized carbons (Fsp3) is 0.133. The summed E-state index contributed by atoms with van der Waals surface area (Å²) in [7, 11) is 1.60. The first-order chi connectivity index (χ1) is 9.60. The number of carbonyl (C=O) groups excluding carboxylic acids is 1. The molecule has 0 saturated heterocycles. The molecule has 2 aromatic rings. The van der Waals surface area contributed by atoms with Crippen molar-refractivity contribution in [1.82, 2.24) is 0 Å². The second kappa shape index (κ2) is 6.43. The average Bonchev–Trinajstić information content (AvgIpc) is 2.46. The number of hydrogen-bond donors (Lipinski definition) is 2. The van der Waals surface area contributed by atoms with Crippen molar-refractivity contribution in [3.8, 4) is 5.75 Å². The summed E-state index contributed by atoms with van der Waals surface area (Å²) in [5, 5.41) is 3.12. The van der Waals surface area contributed by atoms with E-state index in [4.69, 9.17) is 10.5 Å². The van der Waals surface area contributed by atoms with Crippen LogP contribution in [0.2, 0.25) is 0 Å². The number of amides is 1. The van der Waals surface area contributed by atoms with Gasteiger partial charge in [0.25, 0.3) is 0 Å². The fourth-order valence-electron chi connectivity index (χ4n) is 1.83. The summed E-state index contributed by atoms with van der Waals surface area (Å²) >= 11 is 3.37. The van der Waals surface area contributed by atoms with Gasteiger partial charge in [-0.1, -0.05) is 28.1 Å². The monoisotopic (exact) mass is 334 g/mol. The summed E-state index contributed by atoms with van der Waals surface area (Å²) in [5.74, 6) is 0.304. The van der Waals surface area contributed by atoms with Crippen molar-refractivity contribution >= 4 is 27.5 Å². The van der Waals surface area contributed by atoms with Crippen molar-refractivity contribution in [2.45, 2.75) is 6.04 Å². The molecule has 0 radical (unpaired) electrons. The van der Waals surface area contributed by atoms with Gasteiger partial charge in [0.2, 0.25) is 5.91 Å². The maximum Gasteiger partial charge on any atom is 0.244 e. The molecule has 2 rings (SSSR count). The summed E-state index contributed by atoms with van der Waals surface area (Å²) < 4.78 is 6.07. The van der Waals surface area contributed by atoms with E-state index in [9.17, 15) is 4.79 Å². The van der Waals surface area contributed by atoms with Gasteiger partial charge >= 0.3 is 0 Å². The zero-order valence-corrected chi connectivity index (χ0v) is 12.6. The van der Waals surface area contributed by atoms with E-state index < -0.39 is 11.9 Å². The highest BCUT2D eigenvalue weighted by molar-refractivity contribution is 9.10. The predicted octanol–water partition coefficient (Wildman–Crippen LogP) is 3.10. The van der Waals surface area contributed by atoms with Crippen LogP contribution in [0.5, 0.6) is 5.75 Å². The van der Waals surface area contributed by atoms with E-state index in [0.29, 0.717) is 0 Å². The summed E-state index contributed by atoms with van der Waals surface area (Å²) in [4.78, 5) is 11.6. The molecule has 5 heteroatoms. The average molecular weight is 335 g/mol. The smallest absolute Gasteiger partial charge is 0.244 e. The molecule has 1 unspecified atom stereocenters. The lowest BCUT2D eigenvalue weighted by molar-refractivity contribution is -0.118. The van der Waals surface area contributed by atoms with Gasteiger partial charge in [0.1, 0.15) is 11.8 Å². The summed E-state index contributed by atoms with van der Waals surface area (Å²) in [6.45, 7) is 0. The van der Waals surface area contributed by atoms with Gasteiger partial charge in [0.05, 0.1) is 7.11 Å². The molecule has 1 atom stereocenters. The third kappa shape index (κ3) is 3.51. The maximum absolute atomic E-state index is 11.6. The number of nitrogens with one attached hydrogen (secondary N) is 1. The van der Waals surface area contributed by atoms with Crippen LogP contribution in [-0.2, 0) is 4.79 Å². The lowest BCUT2D eigenvalue weighted by Crippen LogP contribution is -2.27. The van der Waals surface area contributed by atoms with Gasteiger partial charge in [-0.05, 0) is 42.0 Å². The fourth-order valence-corrected chi connectivity index (χ4v) is 2.09.